The Labute approximate surface area is 203 Å². The van der Waals surface area contributed by atoms with Gasteiger partial charge in [0.05, 0.1) is 15.1 Å². The Kier molecular flexibility index (Phi) is 8.00. The average Bonchev–Trinajstić information content (AvgIpc) is 2.75. The van der Waals surface area contributed by atoms with Crippen LogP contribution in [0.1, 0.15) is 11.1 Å². The molecule has 156 valence electrons. The van der Waals surface area contributed by atoms with Gasteiger partial charge in [-0.25, -0.2) is 0 Å². The molecule has 0 radical (unpaired) electrons. The second-order valence-electron chi connectivity index (χ2n) is 6.36. The van der Waals surface area contributed by atoms with E-state index in [1.165, 1.54) is 6.08 Å². The van der Waals surface area contributed by atoms with Crippen molar-refractivity contribution >= 4 is 68.4 Å². The Morgan fingerprint density at radius 3 is 2.39 bits per heavy atom. The third-order valence-electron chi connectivity index (χ3n) is 4.11. The molecule has 0 aliphatic carbocycles. The Morgan fingerprint density at radius 1 is 1.00 bits per heavy atom. The van der Waals surface area contributed by atoms with Gasteiger partial charge in [0.15, 0.2) is 0 Å². The summed E-state index contributed by atoms with van der Waals surface area (Å²) in [7, 11) is 0. The predicted molar refractivity (Wildman–Crippen MR) is 129 cm³/mol. The van der Waals surface area contributed by atoms with Crippen molar-refractivity contribution in [2.24, 2.45) is 0 Å². The highest BCUT2D eigenvalue weighted by Crippen LogP contribution is 2.28. The number of anilines is 1. The minimum Gasteiger partial charge on any atom is -0.487 e. The number of amides is 1. The molecule has 1 amide bonds. The van der Waals surface area contributed by atoms with Crippen LogP contribution in [-0.2, 0) is 11.4 Å². The van der Waals surface area contributed by atoms with Crippen LogP contribution in [0.25, 0.3) is 6.08 Å². The van der Waals surface area contributed by atoms with Crippen molar-refractivity contribution in [2.45, 2.75) is 6.61 Å². The molecule has 0 heterocycles. The number of nitriles is 1. The van der Waals surface area contributed by atoms with Crippen molar-refractivity contribution in [3.63, 3.8) is 0 Å². The van der Waals surface area contributed by atoms with Crippen LogP contribution in [0.4, 0.5) is 5.69 Å². The Bertz CT molecular complexity index is 1190. The number of carbonyl (C=O) groups is 1. The molecule has 31 heavy (non-hydrogen) atoms. The van der Waals surface area contributed by atoms with Crippen LogP contribution < -0.4 is 10.1 Å². The molecule has 3 rings (SSSR count). The predicted octanol–water partition coefficient (Wildman–Crippen LogP) is 7.53. The topological polar surface area (TPSA) is 62.1 Å². The third kappa shape index (κ3) is 6.49. The van der Waals surface area contributed by atoms with Gasteiger partial charge in [0.1, 0.15) is 24.0 Å². The Hall–Kier alpha value is -2.49. The van der Waals surface area contributed by atoms with E-state index in [1.54, 1.807) is 54.6 Å². The highest BCUT2D eigenvalue weighted by Gasteiger charge is 2.11. The summed E-state index contributed by atoms with van der Waals surface area (Å²) >= 11 is 21.6. The molecule has 0 spiro atoms. The fraction of sp³-hybridized carbons (Fsp3) is 0.0435. The van der Waals surface area contributed by atoms with Gasteiger partial charge >= 0.3 is 0 Å². The number of hydrogen-bond acceptors (Lipinski definition) is 3. The smallest absolute Gasteiger partial charge is 0.266 e. The molecule has 0 fully saturated rings. The first kappa shape index (κ1) is 23.2. The minimum absolute atomic E-state index is 0.0524. The molecule has 3 aromatic rings. The van der Waals surface area contributed by atoms with E-state index in [0.29, 0.717) is 32.1 Å². The number of ether oxygens (including phenoxy) is 1. The van der Waals surface area contributed by atoms with E-state index in [4.69, 9.17) is 39.5 Å². The summed E-state index contributed by atoms with van der Waals surface area (Å²) < 4.78 is 6.62. The lowest BCUT2D eigenvalue weighted by molar-refractivity contribution is -0.112. The lowest BCUT2D eigenvalue weighted by Gasteiger charge is -2.10. The molecule has 0 bridgehead atoms. The van der Waals surface area contributed by atoms with Gasteiger partial charge in [-0.1, -0.05) is 62.9 Å². The molecular weight excluding hydrogens is 523 g/mol. The van der Waals surface area contributed by atoms with E-state index < -0.39 is 5.91 Å². The van der Waals surface area contributed by atoms with E-state index in [0.717, 1.165) is 10.0 Å². The van der Waals surface area contributed by atoms with E-state index in [-0.39, 0.29) is 12.2 Å². The lowest BCUT2D eigenvalue weighted by Crippen LogP contribution is -2.13. The molecule has 0 aromatic heterocycles. The van der Waals surface area contributed by atoms with Crippen LogP contribution >= 0.6 is 50.7 Å². The van der Waals surface area contributed by atoms with E-state index >= 15 is 0 Å². The summed E-state index contributed by atoms with van der Waals surface area (Å²) in [6.07, 6.45) is 1.46. The maximum atomic E-state index is 12.4. The first-order valence-corrected chi connectivity index (χ1v) is 10.8. The van der Waals surface area contributed by atoms with Crippen molar-refractivity contribution < 1.29 is 9.53 Å². The molecule has 0 atom stereocenters. The van der Waals surface area contributed by atoms with Crippen LogP contribution in [0.3, 0.4) is 0 Å². The van der Waals surface area contributed by atoms with Gasteiger partial charge in [-0.15, -0.1) is 0 Å². The number of benzene rings is 3. The van der Waals surface area contributed by atoms with Gasteiger partial charge in [-0.2, -0.15) is 5.26 Å². The van der Waals surface area contributed by atoms with Gasteiger partial charge in [-0.3, -0.25) is 4.79 Å². The zero-order valence-corrected chi connectivity index (χ0v) is 19.7. The summed E-state index contributed by atoms with van der Waals surface area (Å²) in [5.41, 5.74) is 1.96. The normalized spacial score (nSPS) is 11.0. The highest BCUT2D eigenvalue weighted by molar-refractivity contribution is 9.10. The molecule has 0 aliphatic rings. The van der Waals surface area contributed by atoms with Crippen molar-refractivity contribution in [1.82, 2.24) is 0 Å². The zero-order chi connectivity index (χ0) is 22.4. The van der Waals surface area contributed by atoms with Gasteiger partial charge in [0.25, 0.3) is 5.91 Å². The summed E-state index contributed by atoms with van der Waals surface area (Å²) in [6.45, 7) is 0.255. The minimum atomic E-state index is -0.513. The third-order valence-corrected chi connectivity index (χ3v) is 5.68. The summed E-state index contributed by atoms with van der Waals surface area (Å²) in [6, 6.07) is 19.2. The SMILES string of the molecule is N#C/C(=C\c1ccc(OCc2ccc(Cl)c(Cl)c2)c(Cl)c1)C(=O)Nc1ccc(Br)cc1. The van der Waals surface area contributed by atoms with Crippen molar-refractivity contribution in [3.05, 3.63) is 96.9 Å². The summed E-state index contributed by atoms with van der Waals surface area (Å²) in [5, 5.41) is 13.3. The largest absolute Gasteiger partial charge is 0.487 e. The fourth-order valence-corrected chi connectivity index (χ4v) is 3.39. The van der Waals surface area contributed by atoms with Gasteiger partial charge in [0.2, 0.25) is 0 Å². The van der Waals surface area contributed by atoms with Crippen molar-refractivity contribution in [1.29, 1.82) is 5.26 Å². The van der Waals surface area contributed by atoms with Gasteiger partial charge < -0.3 is 10.1 Å². The first-order chi connectivity index (χ1) is 14.9. The number of rotatable bonds is 6. The highest BCUT2D eigenvalue weighted by atomic mass is 79.9. The van der Waals surface area contributed by atoms with Crippen molar-refractivity contribution in [3.8, 4) is 11.8 Å². The van der Waals surface area contributed by atoms with Crippen LogP contribution in [-0.4, -0.2) is 5.91 Å². The van der Waals surface area contributed by atoms with E-state index in [2.05, 4.69) is 21.2 Å². The van der Waals surface area contributed by atoms with Crippen LogP contribution in [0, 0.1) is 11.3 Å². The van der Waals surface area contributed by atoms with Crippen LogP contribution in [0.2, 0.25) is 15.1 Å². The van der Waals surface area contributed by atoms with E-state index in [1.807, 2.05) is 12.1 Å². The Balaban J connectivity index is 1.70. The first-order valence-electron chi connectivity index (χ1n) is 8.90. The zero-order valence-electron chi connectivity index (χ0n) is 15.8. The maximum Gasteiger partial charge on any atom is 0.266 e. The second-order valence-corrected chi connectivity index (χ2v) is 8.50. The second kappa shape index (κ2) is 10.7. The van der Waals surface area contributed by atoms with E-state index in [9.17, 15) is 10.1 Å². The standard InChI is InChI=1S/C23H14BrCl3N2O2/c24-17-3-5-18(6-4-17)29-23(30)16(12-28)9-14-2-8-22(21(27)10-14)31-13-15-1-7-19(25)20(26)11-15/h1-11H,13H2,(H,29,30)/b16-9+. The molecule has 0 aliphatic heterocycles. The lowest BCUT2D eigenvalue weighted by atomic mass is 10.1. The number of nitrogens with one attached hydrogen (secondary N) is 1. The summed E-state index contributed by atoms with van der Waals surface area (Å²) in [4.78, 5) is 12.4. The average molecular weight is 537 g/mol. The molecule has 0 saturated heterocycles. The maximum absolute atomic E-state index is 12.4. The number of carbonyl (C=O) groups excluding carboxylic acids is 1. The number of hydrogen-bond donors (Lipinski definition) is 1. The van der Waals surface area contributed by atoms with Crippen molar-refractivity contribution in [2.75, 3.05) is 5.32 Å². The number of nitrogens with zero attached hydrogens (tertiary/aromatic N) is 1. The quantitative estimate of drug-likeness (QED) is 0.262. The molecule has 0 unspecified atom stereocenters. The van der Waals surface area contributed by atoms with Crippen LogP contribution in [0.5, 0.6) is 5.75 Å². The fourth-order valence-electron chi connectivity index (χ4n) is 2.56. The molecule has 8 heteroatoms. The van der Waals surface area contributed by atoms with Gasteiger partial charge in [-0.05, 0) is 65.7 Å². The molecule has 0 saturated carbocycles. The molecule has 3 aromatic carbocycles. The monoisotopic (exact) mass is 534 g/mol. The summed E-state index contributed by atoms with van der Waals surface area (Å²) in [5.74, 6) is -0.0522. The number of halogens is 4. The molecule has 4 nitrogen and oxygen atoms in total. The molecule has 1 N–H and O–H groups in total. The van der Waals surface area contributed by atoms with Crippen LogP contribution in [0.15, 0.2) is 70.7 Å². The molecular formula is C23H14BrCl3N2O2. The Morgan fingerprint density at radius 2 is 1.74 bits per heavy atom. The van der Waals surface area contributed by atoms with Gasteiger partial charge in [0, 0.05) is 10.2 Å².